The summed E-state index contributed by atoms with van der Waals surface area (Å²) in [6.07, 6.45) is 1.96. The molecule has 6 atom stereocenters. The molecule has 0 radical (unpaired) electrons. The number of hydrogen-bond donors (Lipinski definition) is 4. The number of ether oxygens (including phenoxy) is 2. The van der Waals surface area contributed by atoms with Crippen molar-refractivity contribution in [2.24, 2.45) is 0 Å². The molecule has 1 heterocycles. The number of aliphatic hydroxyl groups excluding tert-OH is 4. The van der Waals surface area contributed by atoms with Crippen molar-refractivity contribution >= 4 is 0 Å². The highest BCUT2D eigenvalue weighted by Crippen LogP contribution is 2.23. The highest BCUT2D eigenvalue weighted by Gasteiger charge is 2.44. The molecule has 1 aliphatic heterocycles. The fourth-order valence-electron chi connectivity index (χ4n) is 2.69. The highest BCUT2D eigenvalue weighted by atomic mass is 16.7. The predicted molar refractivity (Wildman–Crippen MR) is 82.3 cm³/mol. The quantitative estimate of drug-likeness (QED) is 0.447. The minimum atomic E-state index is -1.38. The second kappa shape index (κ2) is 10.5. The summed E-state index contributed by atoms with van der Waals surface area (Å²) in [6, 6.07) is 0. The van der Waals surface area contributed by atoms with Crippen molar-refractivity contribution in [1.29, 1.82) is 0 Å². The summed E-state index contributed by atoms with van der Waals surface area (Å²) in [6.45, 7) is 3.65. The Bertz CT molecular complexity index is 286. The van der Waals surface area contributed by atoms with Crippen LogP contribution in [-0.4, -0.2) is 63.8 Å². The fraction of sp³-hybridized carbons (Fsp3) is 1.00. The number of unbranched alkanes of at least 4 members (excludes halogenated alkanes) is 5. The first-order chi connectivity index (χ1) is 10.5. The van der Waals surface area contributed by atoms with Crippen LogP contribution in [0.5, 0.6) is 0 Å². The standard InChI is InChI=1S/C16H32O6/c1-3-4-5-6-7-8-9-11(2)21-16-15(20)14(19)13(18)12(10-17)22-16/h11-20H,3-10H2,1-2H3/t11?,12-,13-,14+,15-,16+/m1/s1. The predicted octanol–water partition coefficient (Wildman–Crippen LogP) is 0.942. The third kappa shape index (κ3) is 6.10. The summed E-state index contributed by atoms with van der Waals surface area (Å²) in [7, 11) is 0. The molecule has 0 aliphatic carbocycles. The van der Waals surface area contributed by atoms with E-state index in [4.69, 9.17) is 14.6 Å². The van der Waals surface area contributed by atoms with E-state index in [0.29, 0.717) is 0 Å². The second-order valence-corrected chi connectivity index (χ2v) is 6.20. The topological polar surface area (TPSA) is 99.4 Å². The molecule has 1 aliphatic rings. The molecule has 6 heteroatoms. The fourth-order valence-corrected chi connectivity index (χ4v) is 2.69. The van der Waals surface area contributed by atoms with Gasteiger partial charge in [0.1, 0.15) is 24.4 Å². The molecular formula is C16H32O6. The van der Waals surface area contributed by atoms with Crippen molar-refractivity contribution in [3.8, 4) is 0 Å². The Morgan fingerprint density at radius 2 is 1.59 bits per heavy atom. The third-order valence-electron chi connectivity index (χ3n) is 4.18. The lowest BCUT2D eigenvalue weighted by Crippen LogP contribution is -2.59. The van der Waals surface area contributed by atoms with E-state index in [0.717, 1.165) is 19.3 Å². The van der Waals surface area contributed by atoms with Crippen LogP contribution in [0.25, 0.3) is 0 Å². The molecule has 0 bridgehead atoms. The first-order valence-corrected chi connectivity index (χ1v) is 8.47. The zero-order valence-electron chi connectivity index (χ0n) is 13.7. The average molecular weight is 320 g/mol. The van der Waals surface area contributed by atoms with Crippen LogP contribution >= 0.6 is 0 Å². The van der Waals surface area contributed by atoms with Crippen LogP contribution in [0.1, 0.15) is 58.8 Å². The van der Waals surface area contributed by atoms with Gasteiger partial charge in [-0.3, -0.25) is 0 Å². The molecule has 0 aromatic heterocycles. The van der Waals surface area contributed by atoms with Gasteiger partial charge in [0, 0.05) is 0 Å². The molecule has 0 saturated carbocycles. The van der Waals surface area contributed by atoms with E-state index >= 15 is 0 Å². The summed E-state index contributed by atoms with van der Waals surface area (Å²) in [5.74, 6) is 0. The van der Waals surface area contributed by atoms with Crippen LogP contribution in [0.2, 0.25) is 0 Å². The van der Waals surface area contributed by atoms with Crippen LogP contribution < -0.4 is 0 Å². The number of hydrogen-bond acceptors (Lipinski definition) is 6. The Morgan fingerprint density at radius 1 is 0.955 bits per heavy atom. The first kappa shape index (κ1) is 19.8. The van der Waals surface area contributed by atoms with Gasteiger partial charge in [-0.05, 0) is 13.3 Å². The Kier molecular flexibility index (Phi) is 9.47. The molecule has 0 aromatic carbocycles. The lowest BCUT2D eigenvalue weighted by molar-refractivity contribution is -0.310. The normalized spacial score (nSPS) is 33.8. The van der Waals surface area contributed by atoms with Crippen molar-refractivity contribution in [2.75, 3.05) is 6.61 Å². The van der Waals surface area contributed by atoms with Gasteiger partial charge < -0.3 is 29.9 Å². The molecule has 0 aromatic rings. The summed E-state index contributed by atoms with van der Waals surface area (Å²) in [4.78, 5) is 0. The molecule has 132 valence electrons. The monoisotopic (exact) mass is 320 g/mol. The van der Waals surface area contributed by atoms with Crippen molar-refractivity contribution in [2.45, 2.75) is 95.6 Å². The van der Waals surface area contributed by atoms with Crippen LogP contribution in [0, 0.1) is 0 Å². The maximum Gasteiger partial charge on any atom is 0.186 e. The summed E-state index contributed by atoms with van der Waals surface area (Å²) < 4.78 is 11.0. The van der Waals surface area contributed by atoms with Crippen molar-refractivity contribution < 1.29 is 29.9 Å². The minimum absolute atomic E-state index is 0.118. The van der Waals surface area contributed by atoms with E-state index in [1.807, 2.05) is 6.92 Å². The van der Waals surface area contributed by atoms with Gasteiger partial charge in [0.15, 0.2) is 6.29 Å². The van der Waals surface area contributed by atoms with Crippen LogP contribution in [0.4, 0.5) is 0 Å². The molecule has 0 spiro atoms. The van der Waals surface area contributed by atoms with Crippen molar-refractivity contribution in [3.63, 3.8) is 0 Å². The molecule has 4 N–H and O–H groups in total. The highest BCUT2D eigenvalue weighted by molar-refractivity contribution is 4.89. The maximum atomic E-state index is 9.90. The third-order valence-corrected chi connectivity index (χ3v) is 4.18. The van der Waals surface area contributed by atoms with Crippen molar-refractivity contribution in [1.82, 2.24) is 0 Å². The summed E-state index contributed by atoms with van der Waals surface area (Å²) in [5, 5.41) is 38.4. The zero-order valence-corrected chi connectivity index (χ0v) is 13.7. The number of aliphatic hydroxyl groups is 4. The van der Waals surface area contributed by atoms with E-state index in [9.17, 15) is 15.3 Å². The Balaban J connectivity index is 2.29. The van der Waals surface area contributed by atoms with Gasteiger partial charge >= 0.3 is 0 Å². The van der Waals surface area contributed by atoms with Crippen LogP contribution in [-0.2, 0) is 9.47 Å². The van der Waals surface area contributed by atoms with Crippen molar-refractivity contribution in [3.05, 3.63) is 0 Å². The molecule has 6 nitrogen and oxygen atoms in total. The Labute approximate surface area is 133 Å². The average Bonchev–Trinajstić information content (AvgIpc) is 2.51. The second-order valence-electron chi connectivity index (χ2n) is 6.20. The number of rotatable bonds is 10. The minimum Gasteiger partial charge on any atom is -0.394 e. The zero-order chi connectivity index (χ0) is 16.5. The van der Waals surface area contributed by atoms with Gasteiger partial charge in [0.2, 0.25) is 0 Å². The van der Waals surface area contributed by atoms with E-state index < -0.39 is 37.3 Å². The van der Waals surface area contributed by atoms with E-state index in [-0.39, 0.29) is 6.10 Å². The Hall–Kier alpha value is -0.240. The SMILES string of the molecule is CCCCCCCCC(C)O[C@H]1O[C@H](CO)[C@@H](O)[C@H](O)[C@H]1O. The molecule has 0 amide bonds. The summed E-state index contributed by atoms with van der Waals surface area (Å²) in [5.41, 5.74) is 0. The van der Waals surface area contributed by atoms with Crippen LogP contribution in [0.3, 0.4) is 0 Å². The van der Waals surface area contributed by atoms with Gasteiger partial charge in [-0.1, -0.05) is 45.4 Å². The molecule has 1 fully saturated rings. The smallest absolute Gasteiger partial charge is 0.186 e. The van der Waals surface area contributed by atoms with Gasteiger partial charge in [-0.15, -0.1) is 0 Å². The largest absolute Gasteiger partial charge is 0.394 e. The lowest BCUT2D eigenvalue weighted by Gasteiger charge is -2.40. The van der Waals surface area contributed by atoms with Gasteiger partial charge in [-0.25, -0.2) is 0 Å². The summed E-state index contributed by atoms with van der Waals surface area (Å²) >= 11 is 0. The molecule has 1 saturated heterocycles. The van der Waals surface area contributed by atoms with E-state index in [1.165, 1.54) is 25.7 Å². The molecule has 1 rings (SSSR count). The molecular weight excluding hydrogens is 288 g/mol. The van der Waals surface area contributed by atoms with E-state index in [1.54, 1.807) is 0 Å². The van der Waals surface area contributed by atoms with Gasteiger partial charge in [0.05, 0.1) is 12.7 Å². The van der Waals surface area contributed by atoms with Gasteiger partial charge in [-0.2, -0.15) is 0 Å². The Morgan fingerprint density at radius 3 is 2.23 bits per heavy atom. The van der Waals surface area contributed by atoms with E-state index in [2.05, 4.69) is 6.92 Å². The van der Waals surface area contributed by atoms with Gasteiger partial charge in [0.25, 0.3) is 0 Å². The molecule has 1 unspecified atom stereocenters. The maximum absolute atomic E-state index is 9.90. The molecule has 22 heavy (non-hydrogen) atoms. The first-order valence-electron chi connectivity index (χ1n) is 8.47. The lowest BCUT2D eigenvalue weighted by atomic mass is 9.99. The van der Waals surface area contributed by atoms with Crippen LogP contribution in [0.15, 0.2) is 0 Å².